The molecule has 0 saturated carbocycles. The normalized spacial score (nSPS) is 46.5. The van der Waals surface area contributed by atoms with Crippen LogP contribution in [0.25, 0.3) is 0 Å². The van der Waals surface area contributed by atoms with Crippen molar-refractivity contribution in [3.63, 3.8) is 0 Å². The van der Waals surface area contributed by atoms with Crippen LogP contribution in [-0.2, 0) is 14.2 Å². The van der Waals surface area contributed by atoms with Crippen LogP contribution >= 0.6 is 22.6 Å². The van der Waals surface area contributed by atoms with E-state index in [1.54, 1.807) is 0 Å². The fourth-order valence-electron chi connectivity index (χ4n) is 1.62. The zero-order chi connectivity index (χ0) is 8.66. The van der Waals surface area contributed by atoms with Gasteiger partial charge in [0.25, 0.3) is 5.97 Å². The van der Waals surface area contributed by atoms with Crippen LogP contribution in [0, 0.1) is 0 Å². The van der Waals surface area contributed by atoms with E-state index in [0.717, 1.165) is 23.9 Å². The number of hydrogen-bond donors (Lipinski definition) is 0. The van der Waals surface area contributed by atoms with Crippen LogP contribution in [0.3, 0.4) is 0 Å². The topological polar surface area (TPSA) is 27.7 Å². The van der Waals surface area contributed by atoms with Gasteiger partial charge in [-0.2, -0.15) is 0 Å². The molecule has 4 heteroatoms. The van der Waals surface area contributed by atoms with Crippen LogP contribution in [0.15, 0.2) is 0 Å². The molecule has 0 aromatic carbocycles. The van der Waals surface area contributed by atoms with Crippen LogP contribution in [0.5, 0.6) is 0 Å². The third kappa shape index (κ3) is 1.49. The number of rotatable bonds is 2. The van der Waals surface area contributed by atoms with Crippen molar-refractivity contribution in [3.05, 3.63) is 0 Å². The zero-order valence-corrected chi connectivity index (χ0v) is 9.30. The van der Waals surface area contributed by atoms with Gasteiger partial charge in [0.1, 0.15) is 0 Å². The minimum atomic E-state index is -0.700. The summed E-state index contributed by atoms with van der Waals surface area (Å²) in [6.45, 7) is 3.52. The van der Waals surface area contributed by atoms with Crippen LogP contribution in [0.4, 0.5) is 0 Å². The monoisotopic (exact) mass is 284 g/mol. The van der Waals surface area contributed by atoms with Crippen molar-refractivity contribution in [2.24, 2.45) is 0 Å². The Labute approximate surface area is 85.9 Å². The third-order valence-corrected chi connectivity index (χ3v) is 2.89. The van der Waals surface area contributed by atoms with Crippen LogP contribution in [-0.4, -0.2) is 29.2 Å². The van der Waals surface area contributed by atoms with E-state index in [0.29, 0.717) is 6.61 Å². The van der Waals surface area contributed by atoms with Crippen LogP contribution < -0.4 is 0 Å². The number of fused-ring (bicyclic) bond motifs is 2. The van der Waals surface area contributed by atoms with E-state index in [1.165, 1.54) is 0 Å². The average molecular weight is 284 g/mol. The Morgan fingerprint density at radius 1 is 1.42 bits per heavy atom. The van der Waals surface area contributed by atoms with E-state index >= 15 is 0 Å². The van der Waals surface area contributed by atoms with Gasteiger partial charge in [-0.05, 0) is 6.92 Å². The van der Waals surface area contributed by atoms with E-state index < -0.39 is 5.97 Å². The van der Waals surface area contributed by atoms with E-state index in [1.807, 2.05) is 0 Å². The highest BCUT2D eigenvalue weighted by molar-refractivity contribution is 14.1. The lowest BCUT2D eigenvalue weighted by molar-refractivity contribution is -0.366. The number of hydrogen-bond acceptors (Lipinski definition) is 3. The second-order valence-corrected chi connectivity index (χ2v) is 4.64. The van der Waals surface area contributed by atoms with Gasteiger partial charge >= 0.3 is 0 Å². The molecule has 2 aliphatic rings. The molecule has 2 saturated heterocycles. The second kappa shape index (κ2) is 3.08. The smallest absolute Gasteiger partial charge is 0.284 e. The standard InChI is InChI=1S/C8H13IO3/c1-7-3-5-10-8(12-7,2-4-9)11-6-7/h2-6H2,1H3. The van der Waals surface area contributed by atoms with Gasteiger partial charge in [-0.3, -0.25) is 0 Å². The fourth-order valence-corrected chi connectivity index (χ4v) is 2.29. The molecule has 2 heterocycles. The molecule has 0 spiro atoms. The molecule has 2 bridgehead atoms. The predicted octanol–water partition coefficient (Wildman–Crippen LogP) is 1.69. The van der Waals surface area contributed by atoms with Gasteiger partial charge < -0.3 is 14.2 Å². The summed E-state index contributed by atoms with van der Waals surface area (Å²) >= 11 is 2.31. The SMILES string of the molecule is CC12CCOC(CCI)(OC1)O2. The van der Waals surface area contributed by atoms with Gasteiger partial charge in [0.15, 0.2) is 0 Å². The first-order chi connectivity index (χ1) is 5.68. The molecule has 2 fully saturated rings. The molecule has 2 aliphatic heterocycles. The lowest BCUT2D eigenvalue weighted by Gasteiger charge is -2.34. The Morgan fingerprint density at radius 3 is 3.00 bits per heavy atom. The van der Waals surface area contributed by atoms with Gasteiger partial charge in [-0.1, -0.05) is 22.6 Å². The van der Waals surface area contributed by atoms with E-state index in [4.69, 9.17) is 14.2 Å². The Balaban J connectivity index is 2.09. The Kier molecular flexibility index (Phi) is 2.35. The Hall–Kier alpha value is 0.610. The van der Waals surface area contributed by atoms with Crippen molar-refractivity contribution < 1.29 is 14.2 Å². The molecule has 0 amide bonds. The largest absolute Gasteiger partial charge is 0.327 e. The number of ether oxygens (including phenoxy) is 3. The van der Waals surface area contributed by atoms with Gasteiger partial charge in [-0.15, -0.1) is 0 Å². The summed E-state index contributed by atoms with van der Waals surface area (Å²) in [4.78, 5) is 0. The summed E-state index contributed by atoms with van der Waals surface area (Å²) in [7, 11) is 0. The molecule has 12 heavy (non-hydrogen) atoms. The molecule has 3 nitrogen and oxygen atoms in total. The van der Waals surface area contributed by atoms with Crippen molar-refractivity contribution in [1.29, 1.82) is 0 Å². The zero-order valence-electron chi connectivity index (χ0n) is 7.14. The van der Waals surface area contributed by atoms with Crippen molar-refractivity contribution in [2.45, 2.75) is 31.3 Å². The summed E-state index contributed by atoms with van der Waals surface area (Å²) in [6, 6.07) is 0. The third-order valence-electron chi connectivity index (χ3n) is 2.35. The molecule has 2 unspecified atom stereocenters. The molecule has 2 atom stereocenters. The lowest BCUT2D eigenvalue weighted by Crippen LogP contribution is -2.43. The number of alkyl halides is 1. The minimum Gasteiger partial charge on any atom is -0.327 e. The molecule has 2 rings (SSSR count). The maximum Gasteiger partial charge on any atom is 0.284 e. The number of halogens is 1. The first-order valence-electron chi connectivity index (χ1n) is 4.22. The second-order valence-electron chi connectivity index (χ2n) is 3.56. The first-order valence-corrected chi connectivity index (χ1v) is 5.75. The lowest BCUT2D eigenvalue weighted by atomic mass is 10.0. The van der Waals surface area contributed by atoms with Gasteiger partial charge in [0.05, 0.1) is 18.8 Å². The van der Waals surface area contributed by atoms with Crippen molar-refractivity contribution >= 4 is 22.6 Å². The van der Waals surface area contributed by atoms with Crippen molar-refractivity contribution in [2.75, 3.05) is 17.6 Å². The van der Waals surface area contributed by atoms with Crippen molar-refractivity contribution in [3.8, 4) is 0 Å². The van der Waals surface area contributed by atoms with Gasteiger partial charge in [0, 0.05) is 17.3 Å². The molecular weight excluding hydrogens is 271 g/mol. The van der Waals surface area contributed by atoms with Gasteiger partial charge in [-0.25, -0.2) is 0 Å². The highest BCUT2D eigenvalue weighted by atomic mass is 127. The average Bonchev–Trinajstić information content (AvgIpc) is 2.23. The summed E-state index contributed by atoms with van der Waals surface area (Å²) < 4.78 is 17.8. The van der Waals surface area contributed by atoms with Crippen LogP contribution in [0.1, 0.15) is 19.8 Å². The highest BCUT2D eigenvalue weighted by Crippen LogP contribution is 2.41. The predicted molar refractivity (Wildman–Crippen MR) is 52.2 cm³/mol. The minimum absolute atomic E-state index is 0.0932. The van der Waals surface area contributed by atoms with E-state index in [-0.39, 0.29) is 5.60 Å². The Bertz CT molecular complexity index is 183. The summed E-state index contributed by atoms with van der Waals surface area (Å²) in [5, 5.41) is 0. The molecule has 0 radical (unpaired) electrons. The maximum absolute atomic E-state index is 5.76. The van der Waals surface area contributed by atoms with Gasteiger partial charge in [0.2, 0.25) is 0 Å². The summed E-state index contributed by atoms with van der Waals surface area (Å²) in [6.07, 6.45) is 1.76. The molecular formula is C8H13IO3. The maximum atomic E-state index is 5.76. The Morgan fingerprint density at radius 2 is 2.25 bits per heavy atom. The van der Waals surface area contributed by atoms with E-state index in [9.17, 15) is 0 Å². The fraction of sp³-hybridized carbons (Fsp3) is 1.00. The molecule has 0 N–H and O–H groups in total. The van der Waals surface area contributed by atoms with Crippen molar-refractivity contribution in [1.82, 2.24) is 0 Å². The summed E-state index contributed by atoms with van der Waals surface area (Å²) in [5.41, 5.74) is -0.0932. The van der Waals surface area contributed by atoms with E-state index in [2.05, 4.69) is 29.5 Å². The first kappa shape index (κ1) is 9.18. The quantitative estimate of drug-likeness (QED) is 0.570. The summed E-state index contributed by atoms with van der Waals surface area (Å²) in [5.74, 6) is -0.700. The molecule has 0 aromatic rings. The van der Waals surface area contributed by atoms with Crippen LogP contribution in [0.2, 0.25) is 0 Å². The molecule has 0 aliphatic carbocycles. The highest BCUT2D eigenvalue weighted by Gasteiger charge is 2.52. The molecule has 70 valence electrons. The molecule has 0 aromatic heterocycles.